The Bertz CT molecular complexity index is 970. The molecule has 8 heteroatoms. The topological polar surface area (TPSA) is 77.0 Å². The summed E-state index contributed by atoms with van der Waals surface area (Å²) in [6.45, 7) is 2.74. The molecule has 1 aliphatic rings. The number of carbonyl (C=O) groups is 1. The third-order valence-corrected chi connectivity index (χ3v) is 6.30. The molecule has 3 aromatic rings. The van der Waals surface area contributed by atoms with Crippen molar-refractivity contribution in [2.75, 3.05) is 28.8 Å². The van der Waals surface area contributed by atoms with Gasteiger partial charge in [0.05, 0.1) is 11.4 Å². The number of anilines is 1. The van der Waals surface area contributed by atoms with Crippen LogP contribution in [0.5, 0.6) is 0 Å². The first kappa shape index (κ1) is 17.9. The van der Waals surface area contributed by atoms with E-state index >= 15 is 0 Å². The number of para-hydroxylation sites is 1. The van der Waals surface area contributed by atoms with E-state index in [-0.39, 0.29) is 11.7 Å². The van der Waals surface area contributed by atoms with E-state index in [1.54, 1.807) is 11.8 Å². The lowest BCUT2D eigenvalue weighted by Gasteiger charge is -2.28. The number of hydrogen-bond donors (Lipinski definition) is 1. The van der Waals surface area contributed by atoms with Gasteiger partial charge in [0, 0.05) is 22.8 Å². The second-order valence-corrected chi connectivity index (χ2v) is 8.27. The van der Waals surface area contributed by atoms with Crippen molar-refractivity contribution in [1.82, 2.24) is 14.9 Å². The number of thioether (sulfide) groups is 2. The fourth-order valence-electron chi connectivity index (χ4n) is 2.91. The molecular formula is C19H19N5OS2. The van der Waals surface area contributed by atoms with E-state index in [0.29, 0.717) is 17.5 Å². The first-order valence-electron chi connectivity index (χ1n) is 8.56. The summed E-state index contributed by atoms with van der Waals surface area (Å²) in [5.74, 6) is 7.96. The number of amides is 1. The molecule has 0 radical (unpaired) electrons. The van der Waals surface area contributed by atoms with Gasteiger partial charge in [0.25, 0.3) is 0 Å². The number of carbonyl (C=O) groups excluding carboxylic acids is 1. The van der Waals surface area contributed by atoms with Crippen molar-refractivity contribution in [2.45, 2.75) is 17.0 Å². The molecule has 0 fully saturated rings. The highest BCUT2D eigenvalue weighted by Gasteiger charge is 2.23. The van der Waals surface area contributed by atoms with Crippen LogP contribution in [0, 0.1) is 6.92 Å². The molecular weight excluding hydrogens is 378 g/mol. The van der Waals surface area contributed by atoms with Crippen molar-refractivity contribution in [3.05, 3.63) is 54.1 Å². The molecule has 1 aromatic heterocycles. The number of rotatable bonds is 4. The third-order valence-electron chi connectivity index (χ3n) is 4.33. The summed E-state index contributed by atoms with van der Waals surface area (Å²) >= 11 is 3.09. The summed E-state index contributed by atoms with van der Waals surface area (Å²) < 4.78 is 1.45. The Balaban J connectivity index is 1.47. The molecule has 0 bridgehead atoms. The van der Waals surface area contributed by atoms with Gasteiger partial charge in [-0.25, -0.2) is 4.68 Å². The Hall–Kier alpha value is -2.45. The second-order valence-electron chi connectivity index (χ2n) is 6.19. The van der Waals surface area contributed by atoms with Gasteiger partial charge in [0.15, 0.2) is 5.82 Å². The number of nitrogens with two attached hydrogens (primary N) is 1. The molecule has 0 saturated heterocycles. The maximum Gasteiger partial charge on any atom is 0.237 e. The van der Waals surface area contributed by atoms with Crippen LogP contribution in [-0.2, 0) is 4.79 Å². The maximum atomic E-state index is 12.8. The lowest BCUT2D eigenvalue weighted by molar-refractivity contribution is -0.116. The molecule has 0 spiro atoms. The number of aromatic nitrogens is 3. The molecule has 6 nitrogen and oxygen atoms in total. The Morgan fingerprint density at radius 3 is 2.78 bits per heavy atom. The minimum atomic E-state index is 0.0487. The normalized spacial score (nSPS) is 13.4. The number of nitrogen functional groups attached to an aromatic ring is 1. The van der Waals surface area contributed by atoms with Crippen LogP contribution in [0.2, 0.25) is 0 Å². The van der Waals surface area contributed by atoms with Crippen LogP contribution in [-0.4, -0.2) is 38.8 Å². The van der Waals surface area contributed by atoms with Gasteiger partial charge in [-0.1, -0.05) is 53.7 Å². The highest BCUT2D eigenvalue weighted by atomic mass is 32.2. The van der Waals surface area contributed by atoms with E-state index in [0.717, 1.165) is 21.9 Å². The van der Waals surface area contributed by atoms with Crippen molar-refractivity contribution < 1.29 is 4.79 Å². The van der Waals surface area contributed by atoms with E-state index in [9.17, 15) is 4.79 Å². The fourth-order valence-corrected chi connectivity index (χ4v) is 4.63. The summed E-state index contributed by atoms with van der Waals surface area (Å²) in [6.07, 6.45) is 0. The number of hydrogen-bond acceptors (Lipinski definition) is 6. The molecule has 138 valence electrons. The highest BCUT2D eigenvalue weighted by molar-refractivity contribution is 8.00. The molecule has 27 heavy (non-hydrogen) atoms. The molecule has 0 saturated carbocycles. The van der Waals surface area contributed by atoms with Crippen LogP contribution >= 0.6 is 23.5 Å². The summed E-state index contributed by atoms with van der Waals surface area (Å²) in [4.78, 5) is 15.7. The van der Waals surface area contributed by atoms with Crippen LogP contribution < -0.4 is 10.7 Å². The molecule has 1 amide bonds. The summed E-state index contributed by atoms with van der Waals surface area (Å²) in [5.41, 5.74) is 3.05. The number of aryl methyl sites for hydroxylation is 1. The molecule has 2 aromatic carbocycles. The molecule has 0 atom stereocenters. The Labute approximate surface area is 166 Å². The number of fused-ring (bicyclic) bond motifs is 1. The highest BCUT2D eigenvalue weighted by Crippen LogP contribution is 2.34. The summed E-state index contributed by atoms with van der Waals surface area (Å²) in [6, 6.07) is 15.9. The smallest absolute Gasteiger partial charge is 0.237 e. The predicted octanol–water partition coefficient (Wildman–Crippen LogP) is 3.20. The summed E-state index contributed by atoms with van der Waals surface area (Å²) in [5, 5.41) is 8.86. The standard InChI is InChI=1S/C19H19N5OS2/c1-13-6-8-14(9-7-13)18-21-22-19(24(18)20)27-12-17(25)23-10-11-26-16-5-3-2-4-15(16)23/h2-9H,10-12,20H2,1H3. The maximum absolute atomic E-state index is 12.8. The van der Waals surface area contributed by atoms with Gasteiger partial charge in [-0.05, 0) is 19.1 Å². The van der Waals surface area contributed by atoms with Gasteiger partial charge in [0.2, 0.25) is 11.1 Å². The average Bonchev–Trinajstić information content (AvgIpc) is 3.07. The Morgan fingerprint density at radius 1 is 1.19 bits per heavy atom. The van der Waals surface area contributed by atoms with Crippen molar-refractivity contribution in [3.8, 4) is 11.4 Å². The zero-order valence-electron chi connectivity index (χ0n) is 14.8. The first-order chi connectivity index (χ1) is 13.1. The second kappa shape index (κ2) is 7.66. The Kier molecular flexibility index (Phi) is 5.09. The molecule has 1 aliphatic heterocycles. The van der Waals surface area contributed by atoms with Gasteiger partial charge in [0.1, 0.15) is 0 Å². The largest absolute Gasteiger partial charge is 0.335 e. The van der Waals surface area contributed by atoms with Crippen molar-refractivity contribution in [2.24, 2.45) is 0 Å². The molecule has 4 rings (SSSR count). The van der Waals surface area contributed by atoms with Crippen molar-refractivity contribution in [3.63, 3.8) is 0 Å². The van der Waals surface area contributed by atoms with Gasteiger partial charge in [-0.15, -0.1) is 22.0 Å². The molecule has 0 aliphatic carbocycles. The van der Waals surface area contributed by atoms with Gasteiger partial charge in [-0.3, -0.25) is 4.79 Å². The van der Waals surface area contributed by atoms with Crippen LogP contribution in [0.15, 0.2) is 58.6 Å². The quantitative estimate of drug-likeness (QED) is 0.538. The average molecular weight is 398 g/mol. The number of nitrogens with zero attached hydrogens (tertiary/aromatic N) is 4. The predicted molar refractivity (Wildman–Crippen MR) is 111 cm³/mol. The van der Waals surface area contributed by atoms with Crippen LogP contribution in [0.3, 0.4) is 0 Å². The van der Waals surface area contributed by atoms with Gasteiger partial charge < -0.3 is 10.7 Å². The first-order valence-corrected chi connectivity index (χ1v) is 10.5. The third kappa shape index (κ3) is 3.68. The molecule has 0 unspecified atom stereocenters. The minimum absolute atomic E-state index is 0.0487. The van der Waals surface area contributed by atoms with Crippen LogP contribution in [0.25, 0.3) is 11.4 Å². The van der Waals surface area contributed by atoms with E-state index < -0.39 is 0 Å². The zero-order chi connectivity index (χ0) is 18.8. The number of benzene rings is 2. The van der Waals surface area contributed by atoms with E-state index in [1.807, 2.05) is 54.3 Å². The van der Waals surface area contributed by atoms with Crippen LogP contribution in [0.4, 0.5) is 5.69 Å². The zero-order valence-corrected chi connectivity index (χ0v) is 16.5. The molecule has 2 heterocycles. The van der Waals surface area contributed by atoms with Crippen molar-refractivity contribution in [1.29, 1.82) is 0 Å². The van der Waals surface area contributed by atoms with E-state index in [2.05, 4.69) is 16.3 Å². The van der Waals surface area contributed by atoms with Gasteiger partial charge in [-0.2, -0.15) is 0 Å². The lowest BCUT2D eigenvalue weighted by atomic mass is 10.1. The summed E-state index contributed by atoms with van der Waals surface area (Å²) in [7, 11) is 0. The van der Waals surface area contributed by atoms with Gasteiger partial charge >= 0.3 is 0 Å². The SMILES string of the molecule is Cc1ccc(-c2nnc(SCC(=O)N3CCSc4ccccc43)n2N)cc1. The van der Waals surface area contributed by atoms with E-state index in [4.69, 9.17) is 5.84 Å². The van der Waals surface area contributed by atoms with Crippen molar-refractivity contribution >= 4 is 35.1 Å². The monoisotopic (exact) mass is 397 g/mol. The van der Waals surface area contributed by atoms with Crippen LogP contribution in [0.1, 0.15) is 5.56 Å². The van der Waals surface area contributed by atoms with E-state index in [1.165, 1.54) is 22.0 Å². The fraction of sp³-hybridized carbons (Fsp3) is 0.211. The molecule has 2 N–H and O–H groups in total. The lowest BCUT2D eigenvalue weighted by Crippen LogP contribution is -2.36. The Morgan fingerprint density at radius 2 is 1.96 bits per heavy atom. The minimum Gasteiger partial charge on any atom is -0.335 e.